The number of benzene rings is 1. The summed E-state index contributed by atoms with van der Waals surface area (Å²) in [6, 6.07) is 11.3. The number of fused-ring (bicyclic) bond motifs is 2. The summed E-state index contributed by atoms with van der Waals surface area (Å²) in [7, 11) is -3.39. The van der Waals surface area contributed by atoms with Gasteiger partial charge in [-0.1, -0.05) is 24.3 Å². The Morgan fingerprint density at radius 3 is 2.87 bits per heavy atom. The number of nitrogens with zero attached hydrogens (tertiary/aromatic N) is 3. The van der Waals surface area contributed by atoms with Crippen LogP contribution in [0, 0.1) is 5.92 Å². The van der Waals surface area contributed by atoms with E-state index >= 15 is 0 Å². The van der Waals surface area contributed by atoms with Crippen LogP contribution in [-0.4, -0.2) is 28.7 Å². The quantitative estimate of drug-likeness (QED) is 0.629. The van der Waals surface area contributed by atoms with Crippen molar-refractivity contribution in [2.45, 2.75) is 50.6 Å². The molecule has 2 aliphatic rings. The first-order valence-corrected chi connectivity index (χ1v) is 12.4. The molecule has 7 nitrogen and oxygen atoms in total. The number of rotatable bonds is 6. The van der Waals surface area contributed by atoms with Crippen molar-refractivity contribution in [2.24, 2.45) is 11.1 Å². The molecule has 5 rings (SSSR count). The van der Waals surface area contributed by atoms with Crippen molar-refractivity contribution >= 4 is 26.9 Å². The van der Waals surface area contributed by atoms with Crippen molar-refractivity contribution in [3.05, 3.63) is 54.0 Å². The van der Waals surface area contributed by atoms with Gasteiger partial charge in [0.05, 0.1) is 17.2 Å². The summed E-state index contributed by atoms with van der Waals surface area (Å²) in [6.07, 6.45) is 9.54. The number of anilines is 1. The summed E-state index contributed by atoms with van der Waals surface area (Å²) < 4.78 is 24.8. The molecule has 0 radical (unpaired) electrons. The van der Waals surface area contributed by atoms with E-state index in [1.165, 1.54) is 11.1 Å². The van der Waals surface area contributed by atoms with Crippen molar-refractivity contribution in [1.82, 2.24) is 14.5 Å². The Balaban J connectivity index is 1.35. The van der Waals surface area contributed by atoms with Gasteiger partial charge in [-0.3, -0.25) is 0 Å². The lowest BCUT2D eigenvalue weighted by Gasteiger charge is -2.17. The molecule has 0 amide bonds. The normalized spacial score (nSPS) is 23.7. The van der Waals surface area contributed by atoms with Crippen LogP contribution in [0.5, 0.6) is 0 Å². The Hall–Kier alpha value is -2.45. The average molecular weight is 426 g/mol. The SMILES string of the molecule is NS(=O)(=O)CC[C@H]1CC[C@H](n2ccc3c(N[C@H]4CCc5ccccc54)ncnc32)C1. The Kier molecular flexibility index (Phi) is 4.99. The Bertz CT molecular complexity index is 1170. The average Bonchev–Trinajstić information content (AvgIpc) is 3.44. The summed E-state index contributed by atoms with van der Waals surface area (Å²) in [6.45, 7) is 0. The molecule has 0 spiro atoms. The molecule has 8 heteroatoms. The number of hydrogen-bond donors (Lipinski definition) is 2. The lowest BCUT2D eigenvalue weighted by molar-refractivity contribution is 0.473. The first-order chi connectivity index (χ1) is 14.5. The number of sulfonamides is 1. The third kappa shape index (κ3) is 3.81. The van der Waals surface area contributed by atoms with E-state index in [9.17, 15) is 8.42 Å². The van der Waals surface area contributed by atoms with Crippen LogP contribution in [0.1, 0.15) is 55.3 Å². The van der Waals surface area contributed by atoms with Gasteiger partial charge in [0.2, 0.25) is 10.0 Å². The molecule has 1 saturated carbocycles. The Morgan fingerprint density at radius 2 is 2.00 bits per heavy atom. The second-order valence-corrected chi connectivity index (χ2v) is 10.3. The lowest BCUT2D eigenvalue weighted by atomic mass is 10.1. The van der Waals surface area contributed by atoms with E-state index in [0.717, 1.165) is 49.0 Å². The monoisotopic (exact) mass is 425 g/mol. The number of primary sulfonamides is 1. The third-order valence-corrected chi connectivity index (χ3v) is 7.48. The van der Waals surface area contributed by atoms with Crippen LogP contribution in [0.4, 0.5) is 5.82 Å². The predicted molar refractivity (Wildman–Crippen MR) is 118 cm³/mol. The van der Waals surface area contributed by atoms with Crippen LogP contribution in [0.25, 0.3) is 11.0 Å². The van der Waals surface area contributed by atoms with Gasteiger partial charge < -0.3 is 9.88 Å². The maximum absolute atomic E-state index is 11.3. The van der Waals surface area contributed by atoms with Crippen molar-refractivity contribution in [1.29, 1.82) is 0 Å². The van der Waals surface area contributed by atoms with Crippen LogP contribution in [0.2, 0.25) is 0 Å². The smallest absolute Gasteiger partial charge is 0.209 e. The zero-order valence-electron chi connectivity index (χ0n) is 16.9. The Labute approximate surface area is 176 Å². The van der Waals surface area contributed by atoms with E-state index in [1.54, 1.807) is 6.33 Å². The molecule has 3 atom stereocenters. The van der Waals surface area contributed by atoms with Crippen LogP contribution in [0.15, 0.2) is 42.9 Å². The minimum atomic E-state index is -3.39. The third-order valence-electron chi connectivity index (χ3n) is 6.67. The highest BCUT2D eigenvalue weighted by Crippen LogP contribution is 2.39. The molecular weight excluding hydrogens is 398 g/mol. The summed E-state index contributed by atoms with van der Waals surface area (Å²) in [5.41, 5.74) is 3.71. The standard InChI is InChI=1S/C22H27N5O2S/c23-30(28,29)12-10-15-5-7-17(13-15)27-11-9-19-21(24-14-25-22(19)27)26-20-8-6-16-3-1-2-4-18(16)20/h1-4,9,11,14-15,17,20H,5-8,10,12-13H2,(H2,23,28,29)(H,24,25,26)/t15-,17+,20+/m1/s1. The van der Waals surface area contributed by atoms with Crippen LogP contribution >= 0.6 is 0 Å². The summed E-state index contributed by atoms with van der Waals surface area (Å²) in [4.78, 5) is 9.11. The molecule has 158 valence electrons. The van der Waals surface area contributed by atoms with Gasteiger partial charge in [0, 0.05) is 12.2 Å². The maximum atomic E-state index is 11.3. The number of aryl methyl sites for hydroxylation is 1. The fourth-order valence-electron chi connectivity index (χ4n) is 5.15. The molecule has 3 aromatic rings. The van der Waals surface area contributed by atoms with E-state index in [-0.39, 0.29) is 11.8 Å². The van der Waals surface area contributed by atoms with Gasteiger partial charge in [-0.2, -0.15) is 0 Å². The molecule has 0 bridgehead atoms. The molecule has 2 aliphatic carbocycles. The van der Waals surface area contributed by atoms with Gasteiger partial charge in [-0.25, -0.2) is 23.5 Å². The fourth-order valence-corrected chi connectivity index (χ4v) is 5.81. The Morgan fingerprint density at radius 1 is 1.13 bits per heavy atom. The minimum Gasteiger partial charge on any atom is -0.363 e. The van der Waals surface area contributed by atoms with Gasteiger partial charge in [0.1, 0.15) is 17.8 Å². The highest BCUT2D eigenvalue weighted by Gasteiger charge is 2.28. The molecule has 0 unspecified atom stereocenters. The molecule has 2 aromatic heterocycles. The molecule has 2 heterocycles. The summed E-state index contributed by atoms with van der Waals surface area (Å²) >= 11 is 0. The zero-order chi connectivity index (χ0) is 20.7. The van der Waals surface area contributed by atoms with Gasteiger partial charge in [-0.15, -0.1) is 0 Å². The van der Waals surface area contributed by atoms with E-state index in [4.69, 9.17) is 5.14 Å². The van der Waals surface area contributed by atoms with E-state index in [2.05, 4.69) is 56.4 Å². The first-order valence-electron chi connectivity index (χ1n) is 10.6. The van der Waals surface area contributed by atoms with Crippen molar-refractivity contribution in [3.63, 3.8) is 0 Å². The molecule has 0 saturated heterocycles. The second kappa shape index (κ2) is 7.67. The fraction of sp³-hybridized carbons (Fsp3) is 0.455. The highest BCUT2D eigenvalue weighted by atomic mass is 32.2. The second-order valence-electron chi connectivity index (χ2n) is 8.61. The molecule has 3 N–H and O–H groups in total. The van der Waals surface area contributed by atoms with Gasteiger partial charge in [0.25, 0.3) is 0 Å². The molecule has 1 aromatic carbocycles. The maximum Gasteiger partial charge on any atom is 0.209 e. The number of aromatic nitrogens is 3. The topological polar surface area (TPSA) is 103 Å². The van der Waals surface area contributed by atoms with Gasteiger partial charge in [0.15, 0.2) is 0 Å². The number of nitrogens with two attached hydrogens (primary N) is 1. The predicted octanol–water partition coefficient (Wildman–Crippen LogP) is 3.55. The largest absolute Gasteiger partial charge is 0.363 e. The zero-order valence-corrected chi connectivity index (χ0v) is 17.7. The highest BCUT2D eigenvalue weighted by molar-refractivity contribution is 7.89. The number of nitrogens with one attached hydrogen (secondary N) is 1. The lowest BCUT2D eigenvalue weighted by Crippen LogP contribution is -2.18. The van der Waals surface area contributed by atoms with Crippen molar-refractivity contribution in [3.8, 4) is 0 Å². The minimum absolute atomic E-state index is 0.0654. The van der Waals surface area contributed by atoms with Crippen LogP contribution in [-0.2, 0) is 16.4 Å². The van der Waals surface area contributed by atoms with E-state index in [1.807, 2.05) is 0 Å². The molecular formula is C22H27N5O2S. The molecule has 30 heavy (non-hydrogen) atoms. The molecule has 0 aliphatic heterocycles. The van der Waals surface area contributed by atoms with Crippen molar-refractivity contribution in [2.75, 3.05) is 11.1 Å². The first kappa shape index (κ1) is 19.5. The van der Waals surface area contributed by atoms with Crippen molar-refractivity contribution < 1.29 is 8.42 Å². The van der Waals surface area contributed by atoms with Gasteiger partial charge >= 0.3 is 0 Å². The van der Waals surface area contributed by atoms with E-state index < -0.39 is 10.0 Å². The van der Waals surface area contributed by atoms with Crippen LogP contribution < -0.4 is 10.5 Å². The van der Waals surface area contributed by atoms with Crippen LogP contribution in [0.3, 0.4) is 0 Å². The van der Waals surface area contributed by atoms with E-state index in [0.29, 0.717) is 18.4 Å². The van der Waals surface area contributed by atoms with Gasteiger partial charge in [-0.05, 0) is 61.6 Å². The molecule has 1 fully saturated rings. The summed E-state index contributed by atoms with van der Waals surface area (Å²) in [5, 5.41) is 9.86. The number of hydrogen-bond acceptors (Lipinski definition) is 5. The summed E-state index contributed by atoms with van der Waals surface area (Å²) in [5.74, 6) is 1.33.